The predicted octanol–water partition coefficient (Wildman–Crippen LogP) is 3.86. The van der Waals surface area contributed by atoms with Crippen molar-refractivity contribution in [2.75, 3.05) is 5.73 Å². The third-order valence-electron chi connectivity index (χ3n) is 4.26. The molecule has 4 rings (SSSR count). The van der Waals surface area contributed by atoms with Gasteiger partial charge in [-0.3, -0.25) is 4.57 Å². The molecule has 0 aliphatic rings. The number of nitrogen functional groups attached to an aromatic ring is 1. The van der Waals surface area contributed by atoms with E-state index in [9.17, 15) is 0 Å². The lowest BCUT2D eigenvalue weighted by molar-refractivity contribution is 1.04. The van der Waals surface area contributed by atoms with E-state index in [0.717, 1.165) is 39.4 Å². The van der Waals surface area contributed by atoms with Gasteiger partial charge >= 0.3 is 0 Å². The standard InChI is InChI=1S/C19H18N6.C2H6/c1-12-8-10-23-19-16(12)24-18(15-3-2-9-22-17(15)21)25(19)14-6-4-13(11-20)5-7-14;1-2/h2-10H,11,20H2,1H3,(H2,21,22);1-2H3. The monoisotopic (exact) mass is 360 g/mol. The van der Waals surface area contributed by atoms with E-state index in [1.54, 1.807) is 12.4 Å². The largest absolute Gasteiger partial charge is 0.383 e. The van der Waals surface area contributed by atoms with Crippen molar-refractivity contribution in [3.63, 3.8) is 0 Å². The molecule has 0 fully saturated rings. The molecule has 4 aromatic rings. The maximum atomic E-state index is 6.10. The number of imidazole rings is 1. The van der Waals surface area contributed by atoms with Crippen molar-refractivity contribution in [3.8, 4) is 17.1 Å². The van der Waals surface area contributed by atoms with Gasteiger partial charge in [0.1, 0.15) is 11.3 Å². The molecule has 0 saturated carbocycles. The average molecular weight is 360 g/mol. The van der Waals surface area contributed by atoms with Crippen molar-refractivity contribution in [2.24, 2.45) is 5.73 Å². The molecule has 0 atom stereocenters. The molecule has 0 unspecified atom stereocenters. The summed E-state index contributed by atoms with van der Waals surface area (Å²) in [6.07, 6.45) is 3.46. The van der Waals surface area contributed by atoms with E-state index in [2.05, 4.69) is 9.97 Å². The molecule has 0 spiro atoms. The molecule has 3 heterocycles. The van der Waals surface area contributed by atoms with Gasteiger partial charge in [0.05, 0.1) is 5.56 Å². The third kappa shape index (κ3) is 3.39. The fourth-order valence-corrected chi connectivity index (χ4v) is 2.91. The zero-order valence-electron chi connectivity index (χ0n) is 15.8. The number of nitrogens with two attached hydrogens (primary N) is 2. The number of nitrogens with zero attached hydrogens (tertiary/aromatic N) is 4. The number of fused-ring (bicyclic) bond motifs is 1. The minimum Gasteiger partial charge on any atom is -0.383 e. The molecular weight excluding hydrogens is 336 g/mol. The van der Waals surface area contributed by atoms with Gasteiger partial charge in [-0.1, -0.05) is 26.0 Å². The summed E-state index contributed by atoms with van der Waals surface area (Å²) in [5, 5.41) is 0. The third-order valence-corrected chi connectivity index (χ3v) is 4.26. The quantitative estimate of drug-likeness (QED) is 0.578. The summed E-state index contributed by atoms with van der Waals surface area (Å²) >= 11 is 0. The SMILES string of the molecule is CC.Cc1ccnc2c1nc(-c1cccnc1N)n2-c1ccc(CN)cc1. The highest BCUT2D eigenvalue weighted by molar-refractivity contribution is 5.84. The van der Waals surface area contributed by atoms with Crippen LogP contribution >= 0.6 is 0 Å². The van der Waals surface area contributed by atoms with Crippen LogP contribution in [0.4, 0.5) is 5.82 Å². The van der Waals surface area contributed by atoms with Crippen LogP contribution in [0, 0.1) is 6.92 Å². The Balaban J connectivity index is 0.00000102. The molecule has 1 aromatic carbocycles. The number of pyridine rings is 2. The molecule has 27 heavy (non-hydrogen) atoms. The lowest BCUT2D eigenvalue weighted by atomic mass is 10.2. The molecule has 0 saturated heterocycles. The smallest absolute Gasteiger partial charge is 0.165 e. The van der Waals surface area contributed by atoms with Crippen molar-refractivity contribution in [1.29, 1.82) is 0 Å². The van der Waals surface area contributed by atoms with Crippen LogP contribution in [0.1, 0.15) is 25.0 Å². The summed E-state index contributed by atoms with van der Waals surface area (Å²) in [6.45, 7) is 6.53. The molecule has 0 radical (unpaired) electrons. The van der Waals surface area contributed by atoms with Crippen LogP contribution in [0.2, 0.25) is 0 Å². The first kappa shape index (κ1) is 18.5. The fraction of sp³-hybridized carbons (Fsp3) is 0.190. The van der Waals surface area contributed by atoms with E-state index in [1.807, 2.05) is 67.8 Å². The zero-order chi connectivity index (χ0) is 19.4. The Morgan fingerprint density at radius 3 is 2.37 bits per heavy atom. The first-order valence-corrected chi connectivity index (χ1v) is 9.03. The van der Waals surface area contributed by atoms with Crippen molar-refractivity contribution in [3.05, 3.63) is 66.0 Å². The molecule has 4 N–H and O–H groups in total. The van der Waals surface area contributed by atoms with Gasteiger partial charge in [0.25, 0.3) is 0 Å². The average Bonchev–Trinajstić information content (AvgIpc) is 3.10. The fourth-order valence-electron chi connectivity index (χ4n) is 2.91. The van der Waals surface area contributed by atoms with Gasteiger partial charge in [-0.25, -0.2) is 15.0 Å². The molecule has 0 aliphatic heterocycles. The number of benzene rings is 1. The minimum absolute atomic E-state index is 0.440. The number of aryl methyl sites for hydroxylation is 1. The van der Waals surface area contributed by atoms with Crippen molar-refractivity contribution < 1.29 is 0 Å². The van der Waals surface area contributed by atoms with E-state index in [4.69, 9.17) is 16.5 Å². The van der Waals surface area contributed by atoms with E-state index >= 15 is 0 Å². The lowest BCUT2D eigenvalue weighted by Gasteiger charge is -2.10. The Kier molecular flexibility index (Phi) is 5.47. The number of rotatable bonds is 3. The molecule has 0 bridgehead atoms. The summed E-state index contributed by atoms with van der Waals surface area (Å²) in [5.74, 6) is 1.16. The maximum absolute atomic E-state index is 6.10. The summed E-state index contributed by atoms with van der Waals surface area (Å²) in [7, 11) is 0. The lowest BCUT2D eigenvalue weighted by Crippen LogP contribution is -2.02. The summed E-state index contributed by atoms with van der Waals surface area (Å²) in [6, 6.07) is 13.8. The molecule has 0 aliphatic carbocycles. The predicted molar refractivity (Wildman–Crippen MR) is 110 cm³/mol. The normalized spacial score (nSPS) is 10.5. The molecule has 3 aromatic heterocycles. The molecule has 6 heteroatoms. The Morgan fingerprint density at radius 2 is 1.70 bits per heavy atom. The number of hydrogen-bond acceptors (Lipinski definition) is 5. The summed E-state index contributed by atoms with van der Waals surface area (Å²) in [5.41, 5.74) is 17.3. The van der Waals surface area contributed by atoms with E-state index in [-0.39, 0.29) is 0 Å². The van der Waals surface area contributed by atoms with Crippen LogP contribution in [0.15, 0.2) is 54.9 Å². The highest BCUT2D eigenvalue weighted by atomic mass is 15.1. The number of hydrogen-bond donors (Lipinski definition) is 2. The van der Waals surface area contributed by atoms with Crippen LogP contribution in [-0.4, -0.2) is 19.5 Å². The highest BCUT2D eigenvalue weighted by Gasteiger charge is 2.18. The Morgan fingerprint density at radius 1 is 0.963 bits per heavy atom. The molecule has 6 nitrogen and oxygen atoms in total. The van der Waals surface area contributed by atoms with E-state index in [0.29, 0.717) is 12.4 Å². The summed E-state index contributed by atoms with van der Waals surface area (Å²) < 4.78 is 2.01. The maximum Gasteiger partial charge on any atom is 0.165 e. The second kappa shape index (κ2) is 7.97. The van der Waals surface area contributed by atoms with Crippen LogP contribution in [0.5, 0.6) is 0 Å². The van der Waals surface area contributed by atoms with Crippen LogP contribution in [-0.2, 0) is 6.54 Å². The van der Waals surface area contributed by atoms with Crippen molar-refractivity contribution in [1.82, 2.24) is 19.5 Å². The van der Waals surface area contributed by atoms with Gasteiger partial charge in [0, 0.05) is 24.6 Å². The van der Waals surface area contributed by atoms with Crippen LogP contribution in [0.25, 0.3) is 28.2 Å². The Labute approximate surface area is 158 Å². The molecule has 0 amide bonds. The van der Waals surface area contributed by atoms with Gasteiger partial charge in [0.2, 0.25) is 0 Å². The second-order valence-electron chi connectivity index (χ2n) is 5.88. The van der Waals surface area contributed by atoms with E-state index < -0.39 is 0 Å². The second-order valence-corrected chi connectivity index (χ2v) is 5.88. The summed E-state index contributed by atoms with van der Waals surface area (Å²) in [4.78, 5) is 13.6. The zero-order valence-corrected chi connectivity index (χ0v) is 15.8. The Hall–Kier alpha value is -3.25. The topological polar surface area (TPSA) is 95.6 Å². The van der Waals surface area contributed by atoms with Crippen LogP contribution in [0.3, 0.4) is 0 Å². The number of anilines is 1. The van der Waals surface area contributed by atoms with E-state index in [1.165, 1.54) is 0 Å². The van der Waals surface area contributed by atoms with Gasteiger partial charge in [0.15, 0.2) is 11.5 Å². The van der Waals surface area contributed by atoms with Gasteiger partial charge < -0.3 is 11.5 Å². The van der Waals surface area contributed by atoms with Crippen LogP contribution < -0.4 is 11.5 Å². The minimum atomic E-state index is 0.440. The Bertz CT molecular complexity index is 1050. The van der Waals surface area contributed by atoms with Gasteiger partial charge in [-0.15, -0.1) is 0 Å². The van der Waals surface area contributed by atoms with Crippen molar-refractivity contribution >= 4 is 17.0 Å². The first-order valence-electron chi connectivity index (χ1n) is 9.03. The van der Waals surface area contributed by atoms with Crippen molar-refractivity contribution in [2.45, 2.75) is 27.3 Å². The number of aromatic nitrogens is 4. The molecule has 138 valence electrons. The van der Waals surface area contributed by atoms with Gasteiger partial charge in [-0.2, -0.15) is 0 Å². The van der Waals surface area contributed by atoms with Gasteiger partial charge in [-0.05, 0) is 48.4 Å². The molecular formula is C21H24N6. The first-order chi connectivity index (χ1) is 13.2. The highest BCUT2D eigenvalue weighted by Crippen LogP contribution is 2.31.